The number of nitrogens with zero attached hydrogens (tertiary/aromatic N) is 3. The quantitative estimate of drug-likeness (QED) is 0.631. The molecular formula is C14H13N3O3. The molecule has 0 saturated heterocycles. The maximum atomic E-state index is 10.8. The molecule has 0 fully saturated rings. The monoisotopic (exact) mass is 271 g/mol. The molecule has 6 nitrogen and oxygen atoms in total. The van der Waals surface area contributed by atoms with E-state index in [9.17, 15) is 10.1 Å². The normalized spacial score (nSPS) is 10.7. The maximum absolute atomic E-state index is 10.8. The third-order valence-electron chi connectivity index (χ3n) is 2.62. The number of nitro benzene ring substituents is 1. The van der Waals surface area contributed by atoms with Crippen LogP contribution < -0.4 is 4.74 Å². The van der Waals surface area contributed by atoms with Gasteiger partial charge in [0.1, 0.15) is 0 Å². The van der Waals surface area contributed by atoms with Crippen LogP contribution in [0.15, 0.2) is 30.6 Å². The number of rotatable bonds is 4. The molecule has 6 heteroatoms. The van der Waals surface area contributed by atoms with Gasteiger partial charge in [0.2, 0.25) is 0 Å². The Kier molecular flexibility index (Phi) is 4.05. The molecule has 20 heavy (non-hydrogen) atoms. The van der Waals surface area contributed by atoms with E-state index < -0.39 is 4.92 Å². The summed E-state index contributed by atoms with van der Waals surface area (Å²) in [6, 6.07) is 4.68. The molecule has 2 aromatic rings. The van der Waals surface area contributed by atoms with E-state index >= 15 is 0 Å². The van der Waals surface area contributed by atoms with Gasteiger partial charge >= 0.3 is 5.69 Å². The van der Waals surface area contributed by atoms with E-state index in [-0.39, 0.29) is 11.4 Å². The lowest BCUT2D eigenvalue weighted by Crippen LogP contribution is -1.93. The van der Waals surface area contributed by atoms with Gasteiger partial charge in [0.25, 0.3) is 0 Å². The second kappa shape index (κ2) is 5.92. The molecule has 0 aliphatic rings. The zero-order valence-electron chi connectivity index (χ0n) is 11.1. The summed E-state index contributed by atoms with van der Waals surface area (Å²) in [7, 11) is 1.40. The van der Waals surface area contributed by atoms with Crippen LogP contribution in [-0.4, -0.2) is 22.0 Å². The van der Waals surface area contributed by atoms with E-state index in [2.05, 4.69) is 9.97 Å². The van der Waals surface area contributed by atoms with Gasteiger partial charge in [0.05, 0.1) is 29.6 Å². The Morgan fingerprint density at radius 1 is 1.30 bits per heavy atom. The number of aromatic nitrogens is 2. The highest BCUT2D eigenvalue weighted by molar-refractivity contribution is 5.69. The van der Waals surface area contributed by atoms with Gasteiger partial charge in [-0.25, -0.2) is 0 Å². The second-order valence-electron chi connectivity index (χ2n) is 4.11. The number of nitro groups is 1. The Balaban J connectivity index is 2.28. The predicted octanol–water partition coefficient (Wildman–Crippen LogP) is 2.87. The fourth-order valence-corrected chi connectivity index (χ4v) is 1.69. The predicted molar refractivity (Wildman–Crippen MR) is 75.3 cm³/mol. The molecular weight excluding hydrogens is 258 g/mol. The SMILES string of the molecule is COc1cc(C=Cc2cncc(C)n2)ccc1[N+](=O)[O-]. The average Bonchev–Trinajstić information content (AvgIpc) is 2.44. The van der Waals surface area contributed by atoms with E-state index in [4.69, 9.17) is 4.74 Å². The first-order valence-electron chi connectivity index (χ1n) is 5.89. The number of ether oxygens (including phenoxy) is 1. The molecule has 102 valence electrons. The molecule has 2 rings (SSSR count). The van der Waals surface area contributed by atoms with Crippen molar-refractivity contribution in [3.63, 3.8) is 0 Å². The first kappa shape index (κ1) is 13.7. The topological polar surface area (TPSA) is 78.2 Å². The van der Waals surface area contributed by atoms with Crippen LogP contribution in [0, 0.1) is 17.0 Å². The minimum Gasteiger partial charge on any atom is -0.490 e. The molecule has 0 N–H and O–H groups in total. The van der Waals surface area contributed by atoms with Crippen LogP contribution in [0.1, 0.15) is 17.0 Å². The average molecular weight is 271 g/mol. The first-order valence-corrected chi connectivity index (χ1v) is 5.89. The molecule has 1 aromatic heterocycles. The Labute approximate surface area is 115 Å². The van der Waals surface area contributed by atoms with Crippen LogP contribution in [0.2, 0.25) is 0 Å². The van der Waals surface area contributed by atoms with Gasteiger partial charge in [-0.1, -0.05) is 6.08 Å². The molecule has 0 saturated carbocycles. The highest BCUT2D eigenvalue weighted by atomic mass is 16.6. The van der Waals surface area contributed by atoms with Gasteiger partial charge in [0.15, 0.2) is 5.75 Å². The number of benzene rings is 1. The highest BCUT2D eigenvalue weighted by Gasteiger charge is 2.13. The van der Waals surface area contributed by atoms with Gasteiger partial charge < -0.3 is 4.74 Å². The molecule has 0 amide bonds. The van der Waals surface area contributed by atoms with Crippen LogP contribution in [0.25, 0.3) is 12.2 Å². The summed E-state index contributed by atoms with van der Waals surface area (Å²) in [5.74, 6) is 0.229. The van der Waals surface area contributed by atoms with Crippen molar-refractivity contribution in [3.8, 4) is 5.75 Å². The van der Waals surface area contributed by atoms with Crippen LogP contribution >= 0.6 is 0 Å². The van der Waals surface area contributed by atoms with Crippen molar-refractivity contribution in [2.45, 2.75) is 6.92 Å². The Morgan fingerprint density at radius 2 is 2.10 bits per heavy atom. The first-order chi connectivity index (χ1) is 9.60. The minimum absolute atomic E-state index is 0.0556. The lowest BCUT2D eigenvalue weighted by molar-refractivity contribution is -0.385. The fraction of sp³-hybridized carbons (Fsp3) is 0.143. The van der Waals surface area contributed by atoms with Crippen LogP contribution in [0.5, 0.6) is 5.75 Å². The summed E-state index contributed by atoms with van der Waals surface area (Å²) in [6.07, 6.45) is 6.91. The van der Waals surface area contributed by atoms with Gasteiger partial charge in [0, 0.05) is 12.3 Å². The van der Waals surface area contributed by atoms with E-state index in [1.54, 1.807) is 36.7 Å². The fourth-order valence-electron chi connectivity index (χ4n) is 1.69. The van der Waals surface area contributed by atoms with E-state index in [0.29, 0.717) is 0 Å². The summed E-state index contributed by atoms with van der Waals surface area (Å²) >= 11 is 0. The van der Waals surface area contributed by atoms with Crippen LogP contribution in [-0.2, 0) is 0 Å². The van der Waals surface area contributed by atoms with Crippen molar-refractivity contribution in [2.75, 3.05) is 7.11 Å². The van der Waals surface area contributed by atoms with Crippen LogP contribution in [0.3, 0.4) is 0 Å². The van der Waals surface area contributed by atoms with Crippen molar-refractivity contribution in [2.24, 2.45) is 0 Å². The summed E-state index contributed by atoms with van der Waals surface area (Å²) in [4.78, 5) is 18.7. The summed E-state index contributed by atoms with van der Waals surface area (Å²) in [6.45, 7) is 1.86. The molecule has 1 aromatic carbocycles. The molecule has 0 aliphatic carbocycles. The van der Waals surface area contributed by atoms with Crippen molar-refractivity contribution in [1.29, 1.82) is 0 Å². The molecule has 0 radical (unpaired) electrons. The lowest BCUT2D eigenvalue weighted by Gasteiger charge is -2.02. The molecule has 1 heterocycles. The Hall–Kier alpha value is -2.76. The third kappa shape index (κ3) is 3.17. The molecule has 0 atom stereocenters. The number of aryl methyl sites for hydroxylation is 1. The minimum atomic E-state index is -0.474. The summed E-state index contributed by atoms with van der Waals surface area (Å²) < 4.78 is 5.01. The van der Waals surface area contributed by atoms with Crippen molar-refractivity contribution < 1.29 is 9.66 Å². The number of methoxy groups -OCH3 is 1. The van der Waals surface area contributed by atoms with Gasteiger partial charge in [-0.05, 0) is 30.7 Å². The van der Waals surface area contributed by atoms with Gasteiger partial charge in [-0.15, -0.1) is 0 Å². The lowest BCUT2D eigenvalue weighted by atomic mass is 10.1. The van der Waals surface area contributed by atoms with Gasteiger partial charge in [-0.2, -0.15) is 0 Å². The van der Waals surface area contributed by atoms with Crippen LogP contribution in [0.4, 0.5) is 5.69 Å². The smallest absolute Gasteiger partial charge is 0.310 e. The van der Waals surface area contributed by atoms with Crippen molar-refractivity contribution in [1.82, 2.24) is 9.97 Å². The zero-order valence-corrected chi connectivity index (χ0v) is 11.1. The third-order valence-corrected chi connectivity index (χ3v) is 2.62. The van der Waals surface area contributed by atoms with E-state index in [1.807, 2.05) is 6.92 Å². The Morgan fingerprint density at radius 3 is 2.75 bits per heavy atom. The maximum Gasteiger partial charge on any atom is 0.310 e. The molecule has 0 spiro atoms. The summed E-state index contributed by atoms with van der Waals surface area (Å²) in [5, 5.41) is 10.8. The van der Waals surface area contributed by atoms with Gasteiger partial charge in [-0.3, -0.25) is 20.1 Å². The van der Waals surface area contributed by atoms with Crippen molar-refractivity contribution in [3.05, 3.63) is 57.7 Å². The number of hydrogen-bond donors (Lipinski definition) is 0. The van der Waals surface area contributed by atoms with E-state index in [0.717, 1.165) is 17.0 Å². The standard InChI is InChI=1S/C14H13N3O3/c1-10-8-15-9-12(16-10)5-3-11-4-6-13(17(18)19)14(7-11)20-2/h3-9H,1-2H3. The Bertz CT molecular complexity index is 668. The summed E-state index contributed by atoms with van der Waals surface area (Å²) in [5.41, 5.74) is 2.28. The van der Waals surface area contributed by atoms with E-state index in [1.165, 1.54) is 13.2 Å². The van der Waals surface area contributed by atoms with Crippen molar-refractivity contribution >= 4 is 17.8 Å². The molecule has 0 bridgehead atoms. The highest BCUT2D eigenvalue weighted by Crippen LogP contribution is 2.28. The largest absolute Gasteiger partial charge is 0.490 e. The molecule has 0 aliphatic heterocycles. The molecule has 0 unspecified atom stereocenters. The zero-order chi connectivity index (χ0) is 14.5. The number of hydrogen-bond acceptors (Lipinski definition) is 5. The second-order valence-corrected chi connectivity index (χ2v) is 4.11.